The number of fused-ring (bicyclic) bond motifs is 8. The second-order valence-corrected chi connectivity index (χ2v) is 16.9. The summed E-state index contributed by atoms with van der Waals surface area (Å²) in [6.45, 7) is 24.0. The van der Waals surface area contributed by atoms with E-state index in [1.54, 1.807) is 33.4 Å². The molecule has 0 aromatic heterocycles. The maximum atomic E-state index is 12.0. The lowest BCUT2D eigenvalue weighted by molar-refractivity contribution is -0.110. The normalized spacial score (nSPS) is 46.1. The molecular weight excluding hydrogens is 476 g/mol. The minimum absolute atomic E-state index is 0.141. The first-order valence-electron chi connectivity index (χ1n) is 16.1. The van der Waals surface area contributed by atoms with Gasteiger partial charge in [-0.05, 0) is 119 Å². The van der Waals surface area contributed by atoms with Gasteiger partial charge in [0.1, 0.15) is 0 Å². The van der Waals surface area contributed by atoms with Gasteiger partial charge < -0.3 is 10.2 Å². The molecule has 0 heterocycles. The van der Waals surface area contributed by atoms with Gasteiger partial charge >= 0.3 is 0 Å². The Morgan fingerprint density at radius 1 is 0.744 bits per heavy atom. The van der Waals surface area contributed by atoms with E-state index in [9.17, 15) is 10.2 Å². The Balaban J connectivity index is 0.000000299. The highest BCUT2D eigenvalue weighted by atomic mass is 16.3. The van der Waals surface area contributed by atoms with Crippen LogP contribution in [-0.2, 0) is 0 Å². The molecule has 8 unspecified atom stereocenters. The van der Waals surface area contributed by atoms with Gasteiger partial charge in [0.05, 0.1) is 11.7 Å². The second-order valence-electron chi connectivity index (χ2n) is 16.9. The van der Waals surface area contributed by atoms with Crippen LogP contribution in [0.3, 0.4) is 0 Å². The average molecular weight is 533 g/mol. The van der Waals surface area contributed by atoms with Crippen molar-refractivity contribution in [1.82, 2.24) is 0 Å². The first kappa shape index (κ1) is 28.0. The minimum atomic E-state index is -0.408. The van der Waals surface area contributed by atoms with Crippen LogP contribution < -0.4 is 0 Å². The van der Waals surface area contributed by atoms with Crippen LogP contribution in [0.1, 0.15) is 121 Å². The van der Waals surface area contributed by atoms with Crippen molar-refractivity contribution in [2.75, 3.05) is 0 Å². The Morgan fingerprint density at radius 3 is 1.79 bits per heavy atom. The van der Waals surface area contributed by atoms with Gasteiger partial charge in [0.2, 0.25) is 0 Å². The highest BCUT2D eigenvalue weighted by Gasteiger charge is 2.67. The predicted molar refractivity (Wildman–Crippen MR) is 162 cm³/mol. The highest BCUT2D eigenvalue weighted by molar-refractivity contribution is 5.49. The monoisotopic (exact) mass is 532 g/mol. The topological polar surface area (TPSA) is 40.5 Å². The lowest BCUT2D eigenvalue weighted by Gasteiger charge is -2.69. The van der Waals surface area contributed by atoms with E-state index in [4.69, 9.17) is 0 Å². The molecule has 216 valence electrons. The van der Waals surface area contributed by atoms with E-state index in [1.165, 1.54) is 25.7 Å². The molecule has 3 saturated carbocycles. The molecule has 0 spiro atoms. The van der Waals surface area contributed by atoms with E-state index in [0.717, 1.165) is 37.5 Å². The van der Waals surface area contributed by atoms with Crippen LogP contribution >= 0.6 is 0 Å². The zero-order valence-corrected chi connectivity index (χ0v) is 26.7. The number of aliphatic hydroxyl groups is 2. The molecule has 10 aliphatic rings. The molecule has 10 aliphatic carbocycles. The van der Waals surface area contributed by atoms with Crippen LogP contribution in [0.4, 0.5) is 0 Å². The summed E-state index contributed by atoms with van der Waals surface area (Å²) in [5.41, 5.74) is 10.8. The maximum absolute atomic E-state index is 12.0. The lowest BCUT2D eigenvalue weighted by Crippen LogP contribution is -2.63. The summed E-state index contributed by atoms with van der Waals surface area (Å²) in [5, 5.41) is 21.3. The van der Waals surface area contributed by atoms with Crippen molar-refractivity contribution >= 4 is 0 Å². The molecule has 2 nitrogen and oxygen atoms in total. The van der Waals surface area contributed by atoms with Gasteiger partial charge in [-0.3, -0.25) is 0 Å². The quantitative estimate of drug-likeness (QED) is 0.348. The van der Waals surface area contributed by atoms with E-state index < -0.39 is 5.60 Å². The van der Waals surface area contributed by atoms with Crippen LogP contribution in [-0.4, -0.2) is 21.9 Å². The summed E-state index contributed by atoms with van der Waals surface area (Å²) in [4.78, 5) is 0. The van der Waals surface area contributed by atoms with Crippen LogP contribution in [0.5, 0.6) is 0 Å². The second kappa shape index (κ2) is 8.47. The third-order valence-electron chi connectivity index (χ3n) is 14.3. The summed E-state index contributed by atoms with van der Waals surface area (Å²) >= 11 is 0. The van der Waals surface area contributed by atoms with Crippen molar-refractivity contribution in [2.24, 2.45) is 51.2 Å². The van der Waals surface area contributed by atoms with Gasteiger partial charge in [-0.25, -0.2) is 0 Å². The number of allylic oxidation sites excluding steroid dienone is 6. The number of hydrogen-bond acceptors (Lipinski definition) is 2. The SMILES string of the molecule is CC1(O)CC=CCC1.CC1=C2CC(CC1C1(C3C(C)=C4CC(C3O)C4(C)C)CC3CC(=C1C)C3(C)C)C2(C)C. The largest absolute Gasteiger partial charge is 0.392 e. The van der Waals surface area contributed by atoms with Gasteiger partial charge in [0.15, 0.2) is 0 Å². The van der Waals surface area contributed by atoms with Crippen LogP contribution in [0.15, 0.2) is 45.6 Å². The van der Waals surface area contributed by atoms with E-state index in [-0.39, 0.29) is 16.9 Å². The van der Waals surface area contributed by atoms with Gasteiger partial charge in [-0.15, -0.1) is 0 Å². The van der Waals surface area contributed by atoms with Gasteiger partial charge in [0.25, 0.3) is 0 Å². The van der Waals surface area contributed by atoms with E-state index in [2.05, 4.69) is 68.4 Å². The molecule has 0 aromatic carbocycles. The molecule has 6 bridgehead atoms. The van der Waals surface area contributed by atoms with Crippen molar-refractivity contribution in [3.05, 3.63) is 45.6 Å². The van der Waals surface area contributed by atoms with E-state index in [0.29, 0.717) is 28.6 Å². The fourth-order valence-electron chi connectivity index (χ4n) is 11.2. The van der Waals surface area contributed by atoms with Crippen LogP contribution in [0.2, 0.25) is 0 Å². The smallest absolute Gasteiger partial charge is 0.0657 e. The summed E-state index contributed by atoms with van der Waals surface area (Å²) < 4.78 is 0. The van der Waals surface area contributed by atoms with Gasteiger partial charge in [-0.1, -0.05) is 87.1 Å². The molecular formula is C37H56O2. The van der Waals surface area contributed by atoms with Crippen molar-refractivity contribution in [3.63, 3.8) is 0 Å². The van der Waals surface area contributed by atoms with Crippen molar-refractivity contribution in [2.45, 2.75) is 132 Å². The minimum Gasteiger partial charge on any atom is -0.392 e. The van der Waals surface area contributed by atoms with Gasteiger partial charge in [-0.2, -0.15) is 0 Å². The van der Waals surface area contributed by atoms with Crippen LogP contribution in [0.25, 0.3) is 0 Å². The standard InChI is InChI=1S/C30H44O.C7H12O/c1-15-20-10-18(27(20,4)5)11-22(15)30(14-19-12-23(17(30)3)28(19,6)7)25-16(2)21-13-24(26(25)31)29(21,8)9;1-7(8)5-3-2-4-6-7/h18-19,22,24-26,31H,10-14H2,1-9H3;2-3,8H,4-6H2,1H3. The molecule has 8 atom stereocenters. The molecule has 2 heteroatoms. The molecule has 0 aromatic rings. The fourth-order valence-corrected chi connectivity index (χ4v) is 11.2. The molecule has 10 rings (SSSR count). The summed E-state index contributed by atoms with van der Waals surface area (Å²) in [6.07, 6.45) is 13.2. The molecule has 39 heavy (non-hydrogen) atoms. The van der Waals surface area contributed by atoms with Crippen LogP contribution in [0, 0.1) is 51.2 Å². The number of hydrogen-bond donors (Lipinski definition) is 2. The van der Waals surface area contributed by atoms with E-state index in [1.807, 2.05) is 13.0 Å². The Hall–Kier alpha value is -1.12. The molecule has 0 radical (unpaired) electrons. The van der Waals surface area contributed by atoms with E-state index >= 15 is 0 Å². The predicted octanol–water partition coefficient (Wildman–Crippen LogP) is 8.95. The summed E-state index contributed by atoms with van der Waals surface area (Å²) in [5.74, 6) is 3.01. The van der Waals surface area contributed by atoms with Crippen molar-refractivity contribution < 1.29 is 10.2 Å². The zero-order chi connectivity index (χ0) is 28.5. The summed E-state index contributed by atoms with van der Waals surface area (Å²) in [6, 6.07) is 0. The maximum Gasteiger partial charge on any atom is 0.0657 e. The number of rotatable bonds is 2. The fraction of sp³-hybridized carbons (Fsp3) is 0.784. The Kier molecular flexibility index (Phi) is 6.08. The molecule has 3 fully saturated rings. The first-order chi connectivity index (χ1) is 18.0. The first-order valence-corrected chi connectivity index (χ1v) is 16.1. The Bertz CT molecular complexity index is 1200. The average Bonchev–Trinajstić information content (AvgIpc) is 2.83. The Morgan fingerprint density at radius 2 is 1.36 bits per heavy atom. The molecule has 2 N–H and O–H groups in total. The van der Waals surface area contributed by atoms with Crippen molar-refractivity contribution in [3.8, 4) is 0 Å². The third kappa shape index (κ3) is 3.58. The molecule has 0 amide bonds. The Labute approximate surface area is 239 Å². The highest BCUT2D eigenvalue weighted by Crippen LogP contribution is 2.75. The van der Waals surface area contributed by atoms with Crippen molar-refractivity contribution in [1.29, 1.82) is 0 Å². The molecule has 0 saturated heterocycles. The number of aliphatic hydroxyl groups excluding tert-OH is 1. The molecule has 0 aliphatic heterocycles. The third-order valence-corrected chi connectivity index (χ3v) is 14.3. The lowest BCUT2D eigenvalue weighted by atomic mass is 9.35. The zero-order valence-electron chi connectivity index (χ0n) is 26.7. The van der Waals surface area contributed by atoms with Gasteiger partial charge in [0, 0.05) is 11.3 Å². The summed E-state index contributed by atoms with van der Waals surface area (Å²) in [7, 11) is 0.